The predicted octanol–water partition coefficient (Wildman–Crippen LogP) is 6.45. The van der Waals surface area contributed by atoms with Gasteiger partial charge in [-0.15, -0.1) is 0 Å². The number of epoxide rings is 1. The lowest BCUT2D eigenvalue weighted by molar-refractivity contribution is 0.0541. The van der Waals surface area contributed by atoms with E-state index >= 15 is 0 Å². The van der Waals surface area contributed by atoms with E-state index in [1.165, 1.54) is 38.5 Å². The minimum atomic E-state index is -0.0879. The van der Waals surface area contributed by atoms with Crippen molar-refractivity contribution in [1.29, 1.82) is 0 Å². The maximum absolute atomic E-state index is 6.41. The molecule has 2 N–H and O–H groups in total. The largest absolute Gasteiger partial charge is 0.403 e. The molecular formula is C22H43NO. The monoisotopic (exact) mass is 337 g/mol. The Balaban J connectivity index is 2.76. The molecule has 0 bridgehead atoms. The molecule has 0 aliphatic carbocycles. The lowest BCUT2D eigenvalue weighted by atomic mass is 9.58. The molecular weight excluding hydrogens is 294 g/mol. The smallest absolute Gasteiger partial charge is 0.0984 e. The quantitative estimate of drug-likeness (QED) is 0.367. The Hall–Kier alpha value is -0.500. The molecule has 0 radical (unpaired) electrons. The number of unbranched alkanes of at least 4 members (excludes halogenated alkanes) is 4. The Morgan fingerprint density at radius 2 is 1.58 bits per heavy atom. The highest BCUT2D eigenvalue weighted by Gasteiger charge is 2.68. The van der Waals surface area contributed by atoms with Gasteiger partial charge in [0.15, 0.2) is 0 Å². The SMILES string of the molecule is CCCCCCCC(C)(C)C1OC1(C)C(C)(C)C(C)(C)/C=C(\C)N. The lowest BCUT2D eigenvalue weighted by Crippen LogP contribution is -2.46. The zero-order valence-corrected chi connectivity index (χ0v) is 17.9. The summed E-state index contributed by atoms with van der Waals surface area (Å²) in [5, 5.41) is 0. The van der Waals surface area contributed by atoms with Crippen LogP contribution in [0.5, 0.6) is 0 Å². The van der Waals surface area contributed by atoms with Crippen molar-refractivity contribution >= 4 is 0 Å². The van der Waals surface area contributed by atoms with Gasteiger partial charge in [0.25, 0.3) is 0 Å². The van der Waals surface area contributed by atoms with Crippen LogP contribution in [0.4, 0.5) is 0 Å². The van der Waals surface area contributed by atoms with Crippen LogP contribution in [0.2, 0.25) is 0 Å². The van der Waals surface area contributed by atoms with Gasteiger partial charge < -0.3 is 10.5 Å². The normalized spacial score (nSPS) is 25.9. The number of rotatable bonds is 10. The summed E-state index contributed by atoms with van der Waals surface area (Å²) >= 11 is 0. The number of hydrogen-bond donors (Lipinski definition) is 1. The van der Waals surface area contributed by atoms with Crippen LogP contribution in [-0.2, 0) is 4.74 Å². The van der Waals surface area contributed by atoms with E-state index in [4.69, 9.17) is 10.5 Å². The molecule has 1 fully saturated rings. The van der Waals surface area contributed by atoms with Gasteiger partial charge in [0.2, 0.25) is 0 Å². The van der Waals surface area contributed by atoms with E-state index in [0.29, 0.717) is 6.10 Å². The average molecular weight is 338 g/mol. The molecule has 0 amide bonds. The summed E-state index contributed by atoms with van der Waals surface area (Å²) in [7, 11) is 0. The summed E-state index contributed by atoms with van der Waals surface area (Å²) in [5.74, 6) is 0. The van der Waals surface area contributed by atoms with Gasteiger partial charge in [0, 0.05) is 11.1 Å². The summed E-state index contributed by atoms with van der Waals surface area (Å²) in [5.41, 5.74) is 7.03. The van der Waals surface area contributed by atoms with Crippen molar-refractivity contribution in [2.75, 3.05) is 0 Å². The third-order valence-electron chi connectivity index (χ3n) is 6.88. The van der Waals surface area contributed by atoms with Crippen LogP contribution in [0.25, 0.3) is 0 Å². The van der Waals surface area contributed by atoms with Gasteiger partial charge in [-0.05, 0) is 31.1 Å². The molecule has 0 spiro atoms. The fraction of sp³-hybridized carbons (Fsp3) is 0.909. The van der Waals surface area contributed by atoms with Crippen LogP contribution in [0.1, 0.15) is 101 Å². The predicted molar refractivity (Wildman–Crippen MR) is 106 cm³/mol. The number of nitrogens with two attached hydrogens (primary N) is 1. The van der Waals surface area contributed by atoms with Crippen LogP contribution in [-0.4, -0.2) is 11.7 Å². The summed E-state index contributed by atoms with van der Waals surface area (Å²) in [6, 6.07) is 0. The first-order chi connectivity index (χ1) is 10.8. The first-order valence-electron chi connectivity index (χ1n) is 9.94. The van der Waals surface area contributed by atoms with Crippen molar-refractivity contribution in [3.05, 3.63) is 11.8 Å². The van der Waals surface area contributed by atoms with E-state index < -0.39 is 0 Å². The maximum Gasteiger partial charge on any atom is 0.0984 e. The molecule has 2 atom stereocenters. The van der Waals surface area contributed by atoms with E-state index in [-0.39, 0.29) is 21.8 Å². The first-order valence-corrected chi connectivity index (χ1v) is 9.94. The van der Waals surface area contributed by atoms with E-state index in [1.807, 2.05) is 6.92 Å². The third kappa shape index (κ3) is 4.36. The zero-order valence-electron chi connectivity index (χ0n) is 17.9. The van der Waals surface area contributed by atoms with Crippen molar-refractivity contribution in [2.24, 2.45) is 22.0 Å². The molecule has 2 heteroatoms. The van der Waals surface area contributed by atoms with Gasteiger partial charge in [-0.1, -0.05) is 86.6 Å². The first kappa shape index (κ1) is 21.5. The van der Waals surface area contributed by atoms with Crippen molar-refractivity contribution in [2.45, 2.75) is 113 Å². The molecule has 1 saturated heterocycles. The van der Waals surface area contributed by atoms with Crippen LogP contribution in [0.3, 0.4) is 0 Å². The molecule has 0 aromatic rings. The Morgan fingerprint density at radius 3 is 2.08 bits per heavy atom. The molecule has 2 unspecified atom stereocenters. The standard InChI is InChI=1S/C22H43NO/c1-10-11-12-13-14-15-19(3,4)18-22(9,24-18)21(7,8)20(5,6)16-17(2)23/h16,18H,10-15,23H2,1-9H3/b17-16+. The third-order valence-corrected chi connectivity index (χ3v) is 6.88. The number of hydrogen-bond acceptors (Lipinski definition) is 2. The Labute approximate surface area is 151 Å². The molecule has 0 saturated carbocycles. The lowest BCUT2D eigenvalue weighted by Gasteiger charge is -2.44. The second-order valence-electron chi connectivity index (χ2n) is 9.99. The topological polar surface area (TPSA) is 38.5 Å². The fourth-order valence-electron chi connectivity index (χ4n) is 4.30. The molecule has 1 heterocycles. The van der Waals surface area contributed by atoms with E-state index in [1.54, 1.807) is 0 Å². The van der Waals surface area contributed by atoms with Gasteiger partial charge in [-0.3, -0.25) is 0 Å². The maximum atomic E-state index is 6.41. The highest BCUT2D eigenvalue weighted by atomic mass is 16.6. The van der Waals surface area contributed by atoms with Crippen LogP contribution >= 0.6 is 0 Å². The number of allylic oxidation sites excluding steroid dienone is 2. The molecule has 1 aliphatic rings. The van der Waals surface area contributed by atoms with Crippen molar-refractivity contribution < 1.29 is 4.74 Å². The van der Waals surface area contributed by atoms with Crippen LogP contribution in [0.15, 0.2) is 11.8 Å². The highest BCUT2D eigenvalue weighted by molar-refractivity contribution is 5.20. The molecule has 1 aliphatic heterocycles. The molecule has 0 aromatic heterocycles. The van der Waals surface area contributed by atoms with Gasteiger partial charge in [0.05, 0.1) is 11.7 Å². The van der Waals surface area contributed by atoms with E-state index in [2.05, 4.69) is 61.5 Å². The Morgan fingerprint density at radius 1 is 1.04 bits per heavy atom. The minimum Gasteiger partial charge on any atom is -0.403 e. The second-order valence-corrected chi connectivity index (χ2v) is 9.99. The van der Waals surface area contributed by atoms with Crippen molar-refractivity contribution in [3.63, 3.8) is 0 Å². The highest BCUT2D eigenvalue weighted by Crippen LogP contribution is 2.63. The molecule has 2 nitrogen and oxygen atoms in total. The molecule has 0 aromatic carbocycles. The number of ether oxygens (including phenoxy) is 1. The Kier molecular flexibility index (Phi) is 6.64. The average Bonchev–Trinajstić information content (AvgIpc) is 3.12. The summed E-state index contributed by atoms with van der Waals surface area (Å²) in [4.78, 5) is 0. The summed E-state index contributed by atoms with van der Waals surface area (Å²) in [6.45, 7) is 20.6. The van der Waals surface area contributed by atoms with Crippen LogP contribution in [0, 0.1) is 16.2 Å². The molecule has 1 rings (SSSR count). The van der Waals surface area contributed by atoms with E-state index in [9.17, 15) is 0 Å². The van der Waals surface area contributed by atoms with E-state index in [0.717, 1.165) is 5.70 Å². The molecule has 142 valence electrons. The summed E-state index contributed by atoms with van der Waals surface area (Å²) < 4.78 is 6.41. The van der Waals surface area contributed by atoms with Gasteiger partial charge in [-0.25, -0.2) is 0 Å². The second kappa shape index (κ2) is 7.40. The van der Waals surface area contributed by atoms with Gasteiger partial charge in [-0.2, -0.15) is 0 Å². The van der Waals surface area contributed by atoms with Gasteiger partial charge >= 0.3 is 0 Å². The Bertz CT molecular complexity index is 443. The zero-order chi connectivity index (χ0) is 18.8. The van der Waals surface area contributed by atoms with Crippen LogP contribution < -0.4 is 5.73 Å². The fourth-order valence-corrected chi connectivity index (χ4v) is 4.30. The minimum absolute atomic E-state index is 0.00740. The summed E-state index contributed by atoms with van der Waals surface area (Å²) in [6.07, 6.45) is 10.5. The van der Waals surface area contributed by atoms with Crippen molar-refractivity contribution in [3.8, 4) is 0 Å². The van der Waals surface area contributed by atoms with Gasteiger partial charge in [0.1, 0.15) is 0 Å². The molecule has 24 heavy (non-hydrogen) atoms. The van der Waals surface area contributed by atoms with Crippen molar-refractivity contribution in [1.82, 2.24) is 0 Å².